The fourth-order valence-electron chi connectivity index (χ4n) is 2.67. The van der Waals surface area contributed by atoms with E-state index < -0.39 is 6.29 Å². The molecule has 8 nitrogen and oxygen atoms in total. The molecule has 0 spiro atoms. The molecule has 1 saturated heterocycles. The highest BCUT2D eigenvalue weighted by Gasteiger charge is 2.32. The molecule has 0 radical (unpaired) electrons. The molecule has 25 heavy (non-hydrogen) atoms. The Hall–Kier alpha value is -2.87. The van der Waals surface area contributed by atoms with E-state index >= 15 is 0 Å². The van der Waals surface area contributed by atoms with Gasteiger partial charge in [0.1, 0.15) is 5.82 Å². The lowest BCUT2D eigenvalue weighted by Crippen LogP contribution is -2.57. The first kappa shape index (κ1) is 17.0. The lowest BCUT2D eigenvalue weighted by molar-refractivity contribution is -0.130. The highest BCUT2D eigenvalue weighted by atomic mass is 16.2. The summed E-state index contributed by atoms with van der Waals surface area (Å²) >= 11 is 0. The standard InChI is InChI=1S/C17H22N6O2/c1-10-9-14(20-17(25)19-13-7-5-4-6-8-13)23(22-10)16-18-12(3)11(2)15(24)21-16/h4-9,11-12,16,18H,1-3H3,(H,21,24)(H2,19,20,25). The number of nitrogens with one attached hydrogen (secondary N) is 4. The zero-order chi connectivity index (χ0) is 18.0. The van der Waals surface area contributed by atoms with E-state index in [1.54, 1.807) is 22.9 Å². The molecule has 3 atom stereocenters. The van der Waals surface area contributed by atoms with E-state index in [0.29, 0.717) is 11.5 Å². The zero-order valence-electron chi connectivity index (χ0n) is 14.4. The SMILES string of the molecule is Cc1cc(NC(=O)Nc2ccccc2)n(C2NC(=O)C(C)C(C)N2)n1. The molecule has 1 fully saturated rings. The number of nitrogens with zero attached hydrogens (tertiary/aromatic N) is 2. The molecule has 3 rings (SSSR count). The van der Waals surface area contributed by atoms with Crippen LogP contribution < -0.4 is 21.3 Å². The number of hydrogen-bond donors (Lipinski definition) is 4. The topological polar surface area (TPSA) is 100 Å². The van der Waals surface area contributed by atoms with Gasteiger partial charge in [0.25, 0.3) is 0 Å². The largest absolute Gasteiger partial charge is 0.324 e. The van der Waals surface area contributed by atoms with E-state index in [9.17, 15) is 9.59 Å². The first-order valence-corrected chi connectivity index (χ1v) is 8.19. The number of para-hydroxylation sites is 1. The summed E-state index contributed by atoms with van der Waals surface area (Å²) in [5.74, 6) is 0.306. The van der Waals surface area contributed by atoms with Gasteiger partial charge in [-0.1, -0.05) is 25.1 Å². The summed E-state index contributed by atoms with van der Waals surface area (Å²) in [5, 5.41) is 16.1. The summed E-state index contributed by atoms with van der Waals surface area (Å²) in [6.45, 7) is 5.64. The summed E-state index contributed by atoms with van der Waals surface area (Å²) in [6, 6.07) is 10.5. The van der Waals surface area contributed by atoms with Crippen LogP contribution in [0.4, 0.5) is 16.3 Å². The maximum atomic E-state index is 12.2. The summed E-state index contributed by atoms with van der Waals surface area (Å²) in [4.78, 5) is 24.3. The van der Waals surface area contributed by atoms with Gasteiger partial charge in [-0.2, -0.15) is 5.10 Å². The fraction of sp³-hybridized carbons (Fsp3) is 0.353. The van der Waals surface area contributed by atoms with Gasteiger partial charge >= 0.3 is 6.03 Å². The molecule has 1 aliphatic heterocycles. The average Bonchev–Trinajstić information content (AvgIpc) is 2.93. The van der Waals surface area contributed by atoms with Crippen molar-refractivity contribution < 1.29 is 9.59 Å². The first-order valence-electron chi connectivity index (χ1n) is 8.19. The molecule has 1 aromatic heterocycles. The van der Waals surface area contributed by atoms with Crippen LogP contribution in [0.2, 0.25) is 0 Å². The van der Waals surface area contributed by atoms with Gasteiger partial charge in [0, 0.05) is 17.8 Å². The van der Waals surface area contributed by atoms with Crippen molar-refractivity contribution in [2.75, 3.05) is 10.6 Å². The second-order valence-corrected chi connectivity index (χ2v) is 6.22. The molecule has 1 aromatic carbocycles. The minimum atomic E-state index is -0.514. The number of aryl methyl sites for hydroxylation is 1. The van der Waals surface area contributed by atoms with E-state index in [2.05, 4.69) is 26.4 Å². The predicted molar refractivity (Wildman–Crippen MR) is 95.0 cm³/mol. The van der Waals surface area contributed by atoms with Crippen LogP contribution >= 0.6 is 0 Å². The van der Waals surface area contributed by atoms with Crippen LogP contribution in [0.15, 0.2) is 36.4 Å². The van der Waals surface area contributed by atoms with Crippen molar-refractivity contribution in [3.8, 4) is 0 Å². The summed E-state index contributed by atoms with van der Waals surface area (Å²) in [5.41, 5.74) is 1.42. The molecule has 3 unspecified atom stereocenters. The van der Waals surface area contributed by atoms with Gasteiger partial charge in [0.2, 0.25) is 5.91 Å². The number of aromatic nitrogens is 2. The van der Waals surface area contributed by atoms with Gasteiger partial charge in [-0.3, -0.25) is 15.4 Å². The average molecular weight is 342 g/mol. The number of rotatable bonds is 3. The molecule has 8 heteroatoms. The summed E-state index contributed by atoms with van der Waals surface area (Å²) in [6.07, 6.45) is -0.514. The summed E-state index contributed by atoms with van der Waals surface area (Å²) < 4.78 is 1.57. The maximum absolute atomic E-state index is 12.2. The lowest BCUT2D eigenvalue weighted by atomic mass is 10.0. The van der Waals surface area contributed by atoms with Crippen molar-refractivity contribution in [1.82, 2.24) is 20.4 Å². The van der Waals surface area contributed by atoms with Crippen molar-refractivity contribution in [3.63, 3.8) is 0 Å². The minimum Gasteiger partial charge on any atom is -0.322 e. The number of hydrogen-bond acceptors (Lipinski definition) is 4. The second kappa shape index (κ2) is 6.94. The number of carbonyl (C=O) groups is 2. The number of urea groups is 1. The van der Waals surface area contributed by atoms with Gasteiger partial charge in [0.15, 0.2) is 6.29 Å². The van der Waals surface area contributed by atoms with E-state index in [1.165, 1.54) is 0 Å². The molecule has 0 bridgehead atoms. The van der Waals surface area contributed by atoms with Gasteiger partial charge in [-0.25, -0.2) is 9.48 Å². The zero-order valence-corrected chi connectivity index (χ0v) is 14.4. The molecular formula is C17H22N6O2. The molecule has 0 aliphatic carbocycles. The van der Waals surface area contributed by atoms with Crippen molar-refractivity contribution >= 4 is 23.4 Å². The molecule has 132 valence electrons. The van der Waals surface area contributed by atoms with Crippen LogP contribution in [-0.2, 0) is 4.79 Å². The van der Waals surface area contributed by atoms with E-state index in [1.807, 2.05) is 39.0 Å². The quantitative estimate of drug-likeness (QED) is 0.686. The lowest BCUT2D eigenvalue weighted by Gasteiger charge is -2.34. The normalized spacial score (nSPS) is 23.0. The van der Waals surface area contributed by atoms with Crippen LogP contribution in [0, 0.1) is 12.8 Å². The Kier molecular flexibility index (Phi) is 4.71. The number of benzene rings is 1. The van der Waals surface area contributed by atoms with Crippen LogP contribution in [0.1, 0.15) is 25.8 Å². The molecule has 4 N–H and O–H groups in total. The Morgan fingerprint density at radius 1 is 1.20 bits per heavy atom. The Morgan fingerprint density at radius 3 is 2.60 bits per heavy atom. The Balaban J connectivity index is 1.75. The number of amides is 3. The van der Waals surface area contributed by atoms with Gasteiger partial charge in [-0.15, -0.1) is 0 Å². The minimum absolute atomic E-state index is 0.00532. The fourth-order valence-corrected chi connectivity index (χ4v) is 2.67. The Morgan fingerprint density at radius 2 is 1.92 bits per heavy atom. The first-order chi connectivity index (χ1) is 11.9. The van der Waals surface area contributed by atoms with E-state index in [0.717, 1.165) is 5.69 Å². The molecular weight excluding hydrogens is 320 g/mol. The molecule has 2 heterocycles. The third-order valence-corrected chi connectivity index (χ3v) is 4.24. The monoisotopic (exact) mass is 342 g/mol. The van der Waals surface area contributed by atoms with Crippen molar-refractivity contribution in [2.24, 2.45) is 5.92 Å². The van der Waals surface area contributed by atoms with Crippen LogP contribution in [-0.4, -0.2) is 27.8 Å². The highest BCUT2D eigenvalue weighted by molar-refractivity contribution is 5.99. The van der Waals surface area contributed by atoms with Crippen LogP contribution in [0.25, 0.3) is 0 Å². The highest BCUT2D eigenvalue weighted by Crippen LogP contribution is 2.19. The Labute approximate surface area is 146 Å². The van der Waals surface area contributed by atoms with Gasteiger partial charge in [-0.05, 0) is 26.0 Å². The van der Waals surface area contributed by atoms with Crippen molar-refractivity contribution in [2.45, 2.75) is 33.1 Å². The number of carbonyl (C=O) groups excluding carboxylic acids is 2. The predicted octanol–water partition coefficient (Wildman–Crippen LogP) is 2.04. The number of anilines is 2. The second-order valence-electron chi connectivity index (χ2n) is 6.22. The molecule has 2 aromatic rings. The third kappa shape index (κ3) is 3.80. The van der Waals surface area contributed by atoms with Crippen LogP contribution in [0.5, 0.6) is 0 Å². The smallest absolute Gasteiger partial charge is 0.322 e. The van der Waals surface area contributed by atoms with Crippen molar-refractivity contribution in [3.05, 3.63) is 42.1 Å². The molecule has 0 saturated carbocycles. The third-order valence-electron chi connectivity index (χ3n) is 4.24. The van der Waals surface area contributed by atoms with E-state index in [4.69, 9.17) is 0 Å². The van der Waals surface area contributed by atoms with Crippen LogP contribution in [0.3, 0.4) is 0 Å². The van der Waals surface area contributed by atoms with Crippen molar-refractivity contribution in [1.29, 1.82) is 0 Å². The van der Waals surface area contributed by atoms with Gasteiger partial charge in [0.05, 0.1) is 11.6 Å². The molecule has 1 aliphatic rings. The maximum Gasteiger partial charge on any atom is 0.324 e. The molecule has 3 amide bonds. The van der Waals surface area contributed by atoms with Gasteiger partial charge < -0.3 is 10.6 Å². The summed E-state index contributed by atoms with van der Waals surface area (Å²) in [7, 11) is 0. The Bertz CT molecular complexity index is 773. The van der Waals surface area contributed by atoms with E-state index in [-0.39, 0.29) is 23.9 Å².